The van der Waals surface area contributed by atoms with Crippen LogP contribution in [0.3, 0.4) is 0 Å². The van der Waals surface area contributed by atoms with Crippen LogP contribution in [0.25, 0.3) is 0 Å². The summed E-state index contributed by atoms with van der Waals surface area (Å²) < 4.78 is 0.847. The van der Waals surface area contributed by atoms with Gasteiger partial charge in [0.15, 0.2) is 0 Å². The number of hydrogen-bond acceptors (Lipinski definition) is 2. The van der Waals surface area contributed by atoms with Crippen molar-refractivity contribution in [1.29, 1.82) is 0 Å². The van der Waals surface area contributed by atoms with Gasteiger partial charge in [-0.1, -0.05) is 32.4 Å². The van der Waals surface area contributed by atoms with E-state index in [0.29, 0.717) is 5.56 Å². The van der Waals surface area contributed by atoms with Gasteiger partial charge in [-0.3, -0.25) is 9.59 Å². The van der Waals surface area contributed by atoms with Crippen LogP contribution in [0.5, 0.6) is 0 Å². The Morgan fingerprint density at radius 3 is 2.50 bits per heavy atom. The van der Waals surface area contributed by atoms with Crippen LogP contribution in [0.4, 0.5) is 0 Å². The Kier molecular flexibility index (Phi) is 5.58. The average Bonchev–Trinajstić information content (AvgIpc) is 2.35. The molecule has 0 aromatic heterocycles. The van der Waals surface area contributed by atoms with E-state index >= 15 is 0 Å². The van der Waals surface area contributed by atoms with Gasteiger partial charge >= 0.3 is 0 Å². The van der Waals surface area contributed by atoms with Crippen LogP contribution < -0.4 is 11.1 Å². The first kappa shape index (κ1) is 14.9. The molecule has 2 atom stereocenters. The summed E-state index contributed by atoms with van der Waals surface area (Å²) in [4.78, 5) is 23.4. The lowest BCUT2D eigenvalue weighted by atomic mass is 9.98. The van der Waals surface area contributed by atoms with Gasteiger partial charge in [-0.2, -0.15) is 0 Å². The minimum absolute atomic E-state index is 0.0211. The summed E-state index contributed by atoms with van der Waals surface area (Å²) in [5.41, 5.74) is 5.88. The van der Waals surface area contributed by atoms with E-state index in [-0.39, 0.29) is 11.8 Å². The molecule has 0 fully saturated rings. The molecule has 0 spiro atoms. The number of carbonyl (C=O) groups is 2. The van der Waals surface area contributed by atoms with Gasteiger partial charge in [0.1, 0.15) is 6.04 Å². The quantitative estimate of drug-likeness (QED) is 0.788. The molecule has 1 aromatic carbocycles. The fourth-order valence-corrected chi connectivity index (χ4v) is 2.23. The molecule has 0 heterocycles. The van der Waals surface area contributed by atoms with Gasteiger partial charge in [0, 0.05) is 3.57 Å². The number of primary amides is 1. The fourth-order valence-electron chi connectivity index (χ4n) is 1.59. The second-order valence-electron chi connectivity index (χ2n) is 4.22. The monoisotopic (exact) mass is 360 g/mol. The van der Waals surface area contributed by atoms with Crippen molar-refractivity contribution in [2.75, 3.05) is 0 Å². The maximum Gasteiger partial charge on any atom is 0.253 e. The summed E-state index contributed by atoms with van der Waals surface area (Å²) in [6.45, 7) is 3.85. The van der Waals surface area contributed by atoms with E-state index in [0.717, 1.165) is 9.99 Å². The molecule has 0 aliphatic heterocycles. The minimum atomic E-state index is -0.626. The molecule has 0 aliphatic carbocycles. The van der Waals surface area contributed by atoms with Crippen LogP contribution in [0.15, 0.2) is 24.3 Å². The third kappa shape index (κ3) is 3.69. The minimum Gasteiger partial charge on any atom is -0.368 e. The van der Waals surface area contributed by atoms with Crippen LogP contribution >= 0.6 is 22.6 Å². The normalized spacial score (nSPS) is 13.7. The molecule has 5 heteroatoms. The first-order valence-corrected chi connectivity index (χ1v) is 6.90. The number of rotatable bonds is 5. The molecule has 1 rings (SSSR count). The molecule has 98 valence electrons. The molecule has 0 aliphatic rings. The van der Waals surface area contributed by atoms with E-state index in [1.54, 1.807) is 12.1 Å². The summed E-state index contributed by atoms with van der Waals surface area (Å²) in [7, 11) is 0. The number of benzene rings is 1. The number of hydrogen-bond donors (Lipinski definition) is 2. The van der Waals surface area contributed by atoms with E-state index < -0.39 is 11.9 Å². The predicted molar refractivity (Wildman–Crippen MR) is 79.1 cm³/mol. The largest absolute Gasteiger partial charge is 0.368 e. The molecule has 1 aromatic rings. The lowest BCUT2D eigenvalue weighted by molar-refractivity contribution is -0.120. The van der Waals surface area contributed by atoms with Crippen LogP contribution in [0.2, 0.25) is 0 Å². The van der Waals surface area contributed by atoms with Crippen LogP contribution in [-0.2, 0) is 4.79 Å². The van der Waals surface area contributed by atoms with Crippen molar-refractivity contribution in [2.45, 2.75) is 26.3 Å². The van der Waals surface area contributed by atoms with Gasteiger partial charge in [0.2, 0.25) is 5.91 Å². The second-order valence-corrected chi connectivity index (χ2v) is 5.38. The highest BCUT2D eigenvalue weighted by atomic mass is 127. The van der Waals surface area contributed by atoms with Crippen molar-refractivity contribution in [3.05, 3.63) is 33.4 Å². The van der Waals surface area contributed by atoms with Crippen molar-refractivity contribution < 1.29 is 9.59 Å². The number of halogens is 1. The van der Waals surface area contributed by atoms with Crippen LogP contribution in [-0.4, -0.2) is 17.9 Å². The fraction of sp³-hybridized carbons (Fsp3) is 0.385. The Hall–Kier alpha value is -1.11. The number of carbonyl (C=O) groups excluding carboxylic acids is 2. The molecule has 0 radical (unpaired) electrons. The summed E-state index contributed by atoms with van der Waals surface area (Å²) in [5, 5.41) is 2.71. The van der Waals surface area contributed by atoms with E-state index in [1.807, 2.05) is 26.0 Å². The van der Waals surface area contributed by atoms with E-state index in [2.05, 4.69) is 27.9 Å². The molecule has 3 N–H and O–H groups in total. The SMILES string of the molecule is CCC(C)C(NC(=O)c1ccccc1I)C(N)=O. The molecule has 0 saturated heterocycles. The zero-order chi connectivity index (χ0) is 13.7. The predicted octanol–water partition coefficient (Wildman–Crippen LogP) is 1.92. The van der Waals surface area contributed by atoms with E-state index in [9.17, 15) is 9.59 Å². The van der Waals surface area contributed by atoms with E-state index in [4.69, 9.17) is 5.73 Å². The maximum atomic E-state index is 12.1. The second kappa shape index (κ2) is 6.72. The van der Waals surface area contributed by atoms with Crippen molar-refractivity contribution >= 4 is 34.4 Å². The topological polar surface area (TPSA) is 72.2 Å². The molecular weight excluding hydrogens is 343 g/mol. The molecule has 18 heavy (non-hydrogen) atoms. The zero-order valence-corrected chi connectivity index (χ0v) is 12.6. The summed E-state index contributed by atoms with van der Waals surface area (Å²) >= 11 is 2.09. The van der Waals surface area contributed by atoms with Crippen LogP contribution in [0, 0.1) is 9.49 Å². The summed E-state index contributed by atoms with van der Waals surface area (Å²) in [6, 6.07) is 6.60. The van der Waals surface area contributed by atoms with Crippen molar-refractivity contribution in [3.8, 4) is 0 Å². The third-order valence-corrected chi connectivity index (χ3v) is 3.87. The Labute approximate surface area is 120 Å². The Bertz CT molecular complexity index is 448. The first-order chi connectivity index (χ1) is 8.47. The molecule has 2 amide bonds. The highest BCUT2D eigenvalue weighted by Gasteiger charge is 2.24. The lowest BCUT2D eigenvalue weighted by Gasteiger charge is -2.21. The van der Waals surface area contributed by atoms with Crippen LogP contribution in [0.1, 0.15) is 30.6 Å². The van der Waals surface area contributed by atoms with Gasteiger partial charge in [0.05, 0.1) is 5.56 Å². The Balaban J connectivity index is 2.86. The van der Waals surface area contributed by atoms with Gasteiger partial charge < -0.3 is 11.1 Å². The van der Waals surface area contributed by atoms with Gasteiger partial charge in [-0.05, 0) is 40.6 Å². The van der Waals surface area contributed by atoms with Crippen molar-refractivity contribution in [3.63, 3.8) is 0 Å². The smallest absolute Gasteiger partial charge is 0.253 e. The first-order valence-electron chi connectivity index (χ1n) is 5.82. The standard InChI is InChI=1S/C13H17IN2O2/c1-3-8(2)11(12(15)17)16-13(18)9-6-4-5-7-10(9)14/h4-8,11H,3H2,1-2H3,(H2,15,17)(H,16,18). The van der Waals surface area contributed by atoms with E-state index in [1.165, 1.54) is 0 Å². The lowest BCUT2D eigenvalue weighted by Crippen LogP contribution is -2.48. The third-order valence-electron chi connectivity index (χ3n) is 2.92. The molecule has 4 nitrogen and oxygen atoms in total. The van der Waals surface area contributed by atoms with Gasteiger partial charge in [-0.15, -0.1) is 0 Å². The highest BCUT2D eigenvalue weighted by Crippen LogP contribution is 2.13. The highest BCUT2D eigenvalue weighted by molar-refractivity contribution is 14.1. The number of nitrogens with one attached hydrogen (secondary N) is 1. The van der Waals surface area contributed by atoms with Crippen molar-refractivity contribution in [2.24, 2.45) is 11.7 Å². The molecular formula is C13H17IN2O2. The maximum absolute atomic E-state index is 12.1. The zero-order valence-electron chi connectivity index (χ0n) is 10.4. The molecule has 2 unspecified atom stereocenters. The van der Waals surface area contributed by atoms with Gasteiger partial charge in [-0.25, -0.2) is 0 Å². The number of amides is 2. The Morgan fingerprint density at radius 2 is 2.00 bits per heavy atom. The summed E-state index contributed by atoms with van der Waals surface area (Å²) in [6.07, 6.45) is 0.778. The summed E-state index contributed by atoms with van der Waals surface area (Å²) in [5.74, 6) is -0.736. The molecule has 0 saturated carbocycles. The average molecular weight is 360 g/mol. The van der Waals surface area contributed by atoms with Crippen molar-refractivity contribution in [1.82, 2.24) is 5.32 Å². The van der Waals surface area contributed by atoms with Gasteiger partial charge in [0.25, 0.3) is 5.91 Å². The molecule has 0 bridgehead atoms. The number of nitrogens with two attached hydrogens (primary N) is 1. The Morgan fingerprint density at radius 1 is 1.39 bits per heavy atom.